The van der Waals surface area contributed by atoms with Crippen molar-refractivity contribution in [1.29, 1.82) is 0 Å². The van der Waals surface area contributed by atoms with Crippen molar-refractivity contribution in [3.63, 3.8) is 0 Å². The number of hydrogen-bond acceptors (Lipinski definition) is 7. The molecule has 4 aliphatic rings. The molecule has 4 heterocycles. The molecule has 2 N–H and O–H groups in total. The second kappa shape index (κ2) is 11.9. The molecule has 0 bridgehead atoms. The van der Waals surface area contributed by atoms with E-state index in [-0.39, 0.29) is 22.6 Å². The first-order valence-electron chi connectivity index (χ1n) is 16.0. The summed E-state index contributed by atoms with van der Waals surface area (Å²) in [5.74, 6) is 0.987. The van der Waals surface area contributed by atoms with Gasteiger partial charge in [0.1, 0.15) is 0 Å². The van der Waals surface area contributed by atoms with Gasteiger partial charge in [-0.25, -0.2) is 0 Å². The van der Waals surface area contributed by atoms with Gasteiger partial charge in [0.25, 0.3) is 0 Å². The predicted molar refractivity (Wildman–Crippen MR) is 170 cm³/mol. The van der Waals surface area contributed by atoms with Crippen LogP contribution in [0.15, 0.2) is 37.1 Å². The van der Waals surface area contributed by atoms with Crippen LogP contribution in [0.2, 0.25) is 0 Å². The third-order valence-corrected chi connectivity index (χ3v) is 11.3. The number of carbonyl (C=O) groups is 1. The summed E-state index contributed by atoms with van der Waals surface area (Å²) in [5, 5.41) is 11.3. The Morgan fingerprint density at radius 2 is 2.05 bits per heavy atom. The first-order valence-corrected chi connectivity index (χ1v) is 16.4. The second-order valence-corrected chi connectivity index (χ2v) is 14.0. The molecule has 236 valence electrons. The van der Waals surface area contributed by atoms with Gasteiger partial charge in [0.05, 0.1) is 43.6 Å². The zero-order chi connectivity index (χ0) is 30.6. The Balaban J connectivity index is 1.21. The summed E-state index contributed by atoms with van der Waals surface area (Å²) in [6.45, 7) is 13.1. The van der Waals surface area contributed by atoms with Crippen LogP contribution >= 0.6 is 11.6 Å². The Morgan fingerprint density at radius 3 is 2.82 bits per heavy atom. The van der Waals surface area contributed by atoms with E-state index in [1.807, 2.05) is 9.58 Å². The highest BCUT2D eigenvalue weighted by Crippen LogP contribution is 2.56. The summed E-state index contributed by atoms with van der Waals surface area (Å²) in [5.41, 5.74) is 12.8. The lowest BCUT2D eigenvalue weighted by Gasteiger charge is -2.58. The quantitative estimate of drug-likeness (QED) is 0.200. The fourth-order valence-corrected chi connectivity index (χ4v) is 8.74. The van der Waals surface area contributed by atoms with Crippen molar-refractivity contribution < 1.29 is 14.3 Å². The predicted octanol–water partition coefficient (Wildman–Crippen LogP) is 4.04. The average molecular weight is 622 g/mol. The van der Waals surface area contributed by atoms with Crippen LogP contribution in [-0.4, -0.2) is 88.4 Å². The summed E-state index contributed by atoms with van der Waals surface area (Å²) in [6, 6.07) is 7.20. The molecule has 3 aromatic rings. The molecular formula is C33H44ClN7O3. The van der Waals surface area contributed by atoms with Gasteiger partial charge < -0.3 is 14.4 Å². The Morgan fingerprint density at radius 1 is 1.23 bits per heavy atom. The van der Waals surface area contributed by atoms with Crippen molar-refractivity contribution >= 4 is 28.4 Å². The summed E-state index contributed by atoms with van der Waals surface area (Å²) < 4.78 is 15.0. The fourth-order valence-electron chi connectivity index (χ4n) is 8.32. The van der Waals surface area contributed by atoms with E-state index in [9.17, 15) is 4.79 Å². The molecule has 44 heavy (non-hydrogen) atoms. The minimum Gasteiger partial charge on any atom is -0.382 e. The van der Waals surface area contributed by atoms with Crippen molar-refractivity contribution in [3.05, 3.63) is 48.3 Å². The molecule has 0 radical (unpaired) electrons. The van der Waals surface area contributed by atoms with Crippen LogP contribution in [0.4, 0.5) is 0 Å². The SMILES string of the molecule is C=CC(=O)N1CC2(CC(n3nc(-c4ccc5nn(CCOCCOC)cc5c4)c(C4C(Cl)C(C)CC5NNCC54)c3C)C2)C1. The molecule has 2 aliphatic carbocycles. The van der Waals surface area contributed by atoms with E-state index < -0.39 is 0 Å². The van der Waals surface area contributed by atoms with Crippen molar-refractivity contribution in [3.8, 4) is 11.3 Å². The van der Waals surface area contributed by atoms with Gasteiger partial charge in [0.15, 0.2) is 0 Å². The van der Waals surface area contributed by atoms with E-state index in [1.54, 1.807) is 7.11 Å². The summed E-state index contributed by atoms with van der Waals surface area (Å²) in [4.78, 5) is 14.0. The lowest BCUT2D eigenvalue weighted by Crippen LogP contribution is -2.63. The normalized spacial score (nSPS) is 27.8. The van der Waals surface area contributed by atoms with Gasteiger partial charge >= 0.3 is 0 Å². The molecule has 5 atom stereocenters. The van der Waals surface area contributed by atoms with Gasteiger partial charge in [-0.1, -0.05) is 19.6 Å². The lowest BCUT2D eigenvalue weighted by atomic mass is 9.60. The number of methoxy groups -OCH3 is 1. The fraction of sp³-hybridized carbons (Fsp3) is 0.606. The maximum Gasteiger partial charge on any atom is 0.245 e. The smallest absolute Gasteiger partial charge is 0.245 e. The minimum atomic E-state index is 0.0236. The van der Waals surface area contributed by atoms with Crippen molar-refractivity contribution in [1.82, 2.24) is 35.3 Å². The number of alkyl halides is 1. The molecule has 4 fully saturated rings. The Labute approximate surface area is 264 Å². The maximum atomic E-state index is 12.1. The van der Waals surface area contributed by atoms with E-state index >= 15 is 0 Å². The van der Waals surface area contributed by atoms with Crippen LogP contribution in [0.3, 0.4) is 0 Å². The number of benzene rings is 1. The number of hydrogen-bond donors (Lipinski definition) is 2. The Bertz CT molecular complexity index is 1540. The van der Waals surface area contributed by atoms with Crippen molar-refractivity contribution in [2.45, 2.75) is 63.0 Å². The zero-order valence-electron chi connectivity index (χ0n) is 26.0. The van der Waals surface area contributed by atoms with Crippen LogP contribution in [0, 0.1) is 24.2 Å². The molecule has 2 aromatic heterocycles. The van der Waals surface area contributed by atoms with Crippen LogP contribution in [0.5, 0.6) is 0 Å². The number of rotatable bonds is 10. The number of nitrogens with one attached hydrogen (secondary N) is 2. The topological polar surface area (TPSA) is 98.5 Å². The Kier molecular flexibility index (Phi) is 8.07. The summed E-state index contributed by atoms with van der Waals surface area (Å²) >= 11 is 7.35. The monoisotopic (exact) mass is 621 g/mol. The van der Waals surface area contributed by atoms with E-state index in [0.29, 0.717) is 50.3 Å². The lowest BCUT2D eigenvalue weighted by molar-refractivity contribution is -0.149. The highest BCUT2D eigenvalue weighted by Gasteiger charge is 2.55. The molecule has 2 saturated heterocycles. The number of nitrogens with zero attached hydrogens (tertiary/aromatic N) is 5. The molecule has 5 unspecified atom stereocenters. The zero-order valence-corrected chi connectivity index (χ0v) is 26.7. The van der Waals surface area contributed by atoms with E-state index in [1.165, 1.54) is 17.3 Å². The molecule has 1 spiro atoms. The first kappa shape index (κ1) is 29.9. The van der Waals surface area contributed by atoms with Gasteiger partial charge in [-0.15, -0.1) is 11.6 Å². The minimum absolute atomic E-state index is 0.0236. The number of carbonyl (C=O) groups excluding carboxylic acids is 1. The van der Waals surface area contributed by atoms with Crippen LogP contribution in [0.25, 0.3) is 22.2 Å². The molecule has 10 nitrogen and oxygen atoms in total. The van der Waals surface area contributed by atoms with E-state index in [4.69, 9.17) is 31.3 Å². The third kappa shape index (κ3) is 5.18. The number of aromatic nitrogens is 4. The molecule has 7 rings (SSSR count). The van der Waals surface area contributed by atoms with Gasteiger partial charge in [0.2, 0.25) is 5.91 Å². The van der Waals surface area contributed by atoms with E-state index in [2.05, 4.69) is 60.4 Å². The van der Waals surface area contributed by atoms with Gasteiger partial charge in [-0.05, 0) is 56.2 Å². The molecule has 11 heteroatoms. The number of hydrazine groups is 1. The highest BCUT2D eigenvalue weighted by molar-refractivity contribution is 6.21. The molecule has 2 aliphatic heterocycles. The summed E-state index contributed by atoms with van der Waals surface area (Å²) in [7, 11) is 1.68. The molecule has 1 amide bonds. The van der Waals surface area contributed by atoms with Crippen LogP contribution in [0.1, 0.15) is 49.4 Å². The first-order chi connectivity index (χ1) is 21.3. The summed E-state index contributed by atoms with van der Waals surface area (Å²) in [6.07, 6.45) is 6.65. The highest BCUT2D eigenvalue weighted by atomic mass is 35.5. The van der Waals surface area contributed by atoms with Gasteiger partial charge in [-0.3, -0.25) is 25.0 Å². The molecule has 1 aromatic carbocycles. The van der Waals surface area contributed by atoms with E-state index in [0.717, 1.165) is 61.1 Å². The number of halogens is 1. The number of ether oxygens (including phenoxy) is 2. The van der Waals surface area contributed by atoms with Gasteiger partial charge in [0, 0.05) is 77.9 Å². The maximum absolute atomic E-state index is 12.1. The molecular weight excluding hydrogens is 578 g/mol. The van der Waals surface area contributed by atoms with Crippen LogP contribution < -0.4 is 10.9 Å². The largest absolute Gasteiger partial charge is 0.382 e. The standard InChI is InChI=1S/C33H44ClN7O3/c1-5-28(42)39-18-33(19-39)14-24(15-33)41-21(3)29(30-25-16-35-36-27(25)12-20(2)31(30)34)32(38-41)22-6-7-26-23(13-22)17-40(37-26)8-9-44-11-10-43-4/h5-7,13,17,20,24-25,27,30-31,35-36H,1,8-12,14-16,18-19H2,2-4H3. The second-order valence-electron chi connectivity index (χ2n) is 13.5. The number of likely N-dealkylation sites (tertiary alicyclic amines) is 1. The number of amides is 1. The third-order valence-electron chi connectivity index (χ3n) is 10.6. The van der Waals surface area contributed by atoms with Crippen molar-refractivity contribution in [2.24, 2.45) is 17.3 Å². The molecule has 2 saturated carbocycles. The van der Waals surface area contributed by atoms with Crippen molar-refractivity contribution in [2.75, 3.05) is 46.6 Å². The van der Waals surface area contributed by atoms with Gasteiger partial charge in [-0.2, -0.15) is 10.2 Å². The van der Waals surface area contributed by atoms with Crippen LogP contribution in [-0.2, 0) is 20.8 Å². The number of fused-ring (bicyclic) bond motifs is 2. The average Bonchev–Trinajstić information content (AvgIpc) is 3.69. The Hall–Kier alpha value is -2.76.